The van der Waals surface area contributed by atoms with Crippen molar-refractivity contribution >= 4 is 28.7 Å². The highest BCUT2D eigenvalue weighted by molar-refractivity contribution is 5.90. The standard InChI is InChI=1S/C19H15F2NO5/c1-25-15-7-6-11(9-16(15)27-19(20)21)8-12(10-17(23)24)18-22-13-4-2-3-5-14(13)26-18/h2-9,19H,10H2,1H3,(H,23,24)/p-1/b12-8+. The topological polar surface area (TPSA) is 84.6 Å². The number of halogens is 2. The zero-order valence-electron chi connectivity index (χ0n) is 14.1. The molecule has 0 radical (unpaired) electrons. The third-order valence-electron chi connectivity index (χ3n) is 3.65. The van der Waals surface area contributed by atoms with Gasteiger partial charge in [0, 0.05) is 18.0 Å². The van der Waals surface area contributed by atoms with Gasteiger partial charge in [0.05, 0.1) is 7.11 Å². The van der Waals surface area contributed by atoms with Crippen LogP contribution in [0, 0.1) is 0 Å². The van der Waals surface area contributed by atoms with Gasteiger partial charge in [0.2, 0.25) is 5.89 Å². The molecule has 3 aromatic rings. The lowest BCUT2D eigenvalue weighted by Gasteiger charge is -2.11. The Bertz CT molecular complexity index is 964. The molecular weight excluding hydrogens is 360 g/mol. The number of hydrogen-bond donors (Lipinski definition) is 0. The minimum Gasteiger partial charge on any atom is -0.550 e. The molecule has 0 aliphatic heterocycles. The second-order valence-corrected chi connectivity index (χ2v) is 5.49. The lowest BCUT2D eigenvalue weighted by Crippen LogP contribution is -2.22. The molecule has 0 N–H and O–H groups in total. The fraction of sp³-hybridized carbons (Fsp3) is 0.158. The number of ether oxygens (including phenoxy) is 2. The van der Waals surface area contributed by atoms with Gasteiger partial charge >= 0.3 is 6.61 Å². The first-order chi connectivity index (χ1) is 13.0. The van der Waals surface area contributed by atoms with Crippen LogP contribution in [0.15, 0.2) is 46.9 Å². The van der Waals surface area contributed by atoms with Crippen molar-refractivity contribution in [2.24, 2.45) is 0 Å². The molecule has 27 heavy (non-hydrogen) atoms. The molecule has 8 heteroatoms. The molecule has 1 aromatic heterocycles. The van der Waals surface area contributed by atoms with Gasteiger partial charge in [0.1, 0.15) is 5.52 Å². The van der Waals surface area contributed by atoms with E-state index in [0.717, 1.165) is 0 Å². The van der Waals surface area contributed by atoms with E-state index in [4.69, 9.17) is 9.15 Å². The molecule has 1 heterocycles. The van der Waals surface area contributed by atoms with E-state index in [9.17, 15) is 18.7 Å². The minimum atomic E-state index is -3.03. The molecule has 6 nitrogen and oxygen atoms in total. The number of rotatable bonds is 7. The molecule has 0 aliphatic rings. The number of alkyl halides is 2. The quantitative estimate of drug-likeness (QED) is 0.632. The monoisotopic (exact) mass is 374 g/mol. The normalized spacial score (nSPS) is 11.8. The number of benzene rings is 2. The fourth-order valence-electron chi connectivity index (χ4n) is 2.53. The van der Waals surface area contributed by atoms with Gasteiger partial charge in [-0.05, 0) is 35.9 Å². The summed E-state index contributed by atoms with van der Waals surface area (Å²) in [4.78, 5) is 15.4. The van der Waals surface area contributed by atoms with Crippen molar-refractivity contribution < 1.29 is 32.6 Å². The van der Waals surface area contributed by atoms with Crippen LogP contribution >= 0.6 is 0 Å². The maximum absolute atomic E-state index is 12.6. The van der Waals surface area contributed by atoms with E-state index in [1.165, 1.54) is 25.3 Å². The lowest BCUT2D eigenvalue weighted by atomic mass is 10.1. The Labute approximate surface area is 152 Å². The van der Waals surface area contributed by atoms with Gasteiger partial charge in [-0.1, -0.05) is 18.2 Å². The van der Waals surface area contributed by atoms with Gasteiger partial charge in [-0.15, -0.1) is 0 Å². The number of carbonyl (C=O) groups excluding carboxylic acids is 1. The summed E-state index contributed by atoms with van der Waals surface area (Å²) >= 11 is 0. The van der Waals surface area contributed by atoms with E-state index in [-0.39, 0.29) is 23.0 Å². The Hall–Kier alpha value is -3.42. The van der Waals surface area contributed by atoms with E-state index in [1.54, 1.807) is 30.3 Å². The SMILES string of the molecule is COc1ccc(/C=C(\CC(=O)[O-])c2nc3ccccc3o2)cc1OC(F)F. The summed E-state index contributed by atoms with van der Waals surface area (Å²) in [6, 6.07) is 11.3. The minimum absolute atomic E-state index is 0.104. The van der Waals surface area contributed by atoms with E-state index in [2.05, 4.69) is 9.72 Å². The van der Waals surface area contributed by atoms with Crippen LogP contribution in [0.1, 0.15) is 17.9 Å². The van der Waals surface area contributed by atoms with Crippen LogP contribution in [0.3, 0.4) is 0 Å². The number of para-hydroxylation sites is 2. The van der Waals surface area contributed by atoms with Crippen molar-refractivity contribution in [1.82, 2.24) is 4.98 Å². The molecule has 3 rings (SSSR count). The highest BCUT2D eigenvalue weighted by atomic mass is 19.3. The highest BCUT2D eigenvalue weighted by Crippen LogP contribution is 2.32. The van der Waals surface area contributed by atoms with Crippen LogP contribution in [0.2, 0.25) is 0 Å². The van der Waals surface area contributed by atoms with E-state index >= 15 is 0 Å². The third-order valence-corrected chi connectivity index (χ3v) is 3.65. The number of carboxylic acid groups (broad SMARTS) is 1. The fourth-order valence-corrected chi connectivity index (χ4v) is 2.53. The largest absolute Gasteiger partial charge is 0.550 e. The summed E-state index contributed by atoms with van der Waals surface area (Å²) in [5.74, 6) is -1.28. The number of aromatic nitrogens is 1. The zero-order valence-corrected chi connectivity index (χ0v) is 14.1. The number of carbonyl (C=O) groups is 1. The van der Waals surface area contributed by atoms with Gasteiger partial charge in [-0.2, -0.15) is 8.78 Å². The molecule has 0 spiro atoms. The first-order valence-corrected chi connectivity index (χ1v) is 7.85. The number of nitrogens with zero attached hydrogens (tertiary/aromatic N) is 1. The first kappa shape index (κ1) is 18.4. The number of carboxylic acids is 1. The third kappa shape index (κ3) is 4.41. The molecule has 0 amide bonds. The Morgan fingerprint density at radius 1 is 1.26 bits per heavy atom. The van der Waals surface area contributed by atoms with Crippen LogP contribution in [0.5, 0.6) is 11.5 Å². The van der Waals surface area contributed by atoms with Gasteiger partial charge < -0.3 is 23.8 Å². The predicted molar refractivity (Wildman–Crippen MR) is 91.1 cm³/mol. The smallest absolute Gasteiger partial charge is 0.387 e. The van der Waals surface area contributed by atoms with Gasteiger partial charge in [-0.25, -0.2) is 4.98 Å². The van der Waals surface area contributed by atoms with Gasteiger partial charge in [-0.3, -0.25) is 0 Å². The van der Waals surface area contributed by atoms with Crippen LogP contribution in [-0.2, 0) is 4.79 Å². The average molecular weight is 374 g/mol. The highest BCUT2D eigenvalue weighted by Gasteiger charge is 2.14. The Morgan fingerprint density at radius 2 is 2.04 bits per heavy atom. The summed E-state index contributed by atoms with van der Waals surface area (Å²) in [7, 11) is 1.32. The number of hydrogen-bond acceptors (Lipinski definition) is 6. The maximum Gasteiger partial charge on any atom is 0.387 e. The predicted octanol–water partition coefficient (Wildman–Crippen LogP) is 3.12. The molecule has 0 saturated carbocycles. The molecule has 0 fully saturated rings. The van der Waals surface area contributed by atoms with Crippen LogP contribution in [0.25, 0.3) is 22.7 Å². The first-order valence-electron chi connectivity index (χ1n) is 7.85. The number of fused-ring (bicyclic) bond motifs is 1. The average Bonchev–Trinajstić information content (AvgIpc) is 3.05. The van der Waals surface area contributed by atoms with Gasteiger partial charge in [0.25, 0.3) is 0 Å². The van der Waals surface area contributed by atoms with Crippen molar-refractivity contribution in [2.75, 3.05) is 7.11 Å². The van der Waals surface area contributed by atoms with Crippen LogP contribution in [-0.4, -0.2) is 24.7 Å². The van der Waals surface area contributed by atoms with Crippen molar-refractivity contribution in [3.63, 3.8) is 0 Å². The van der Waals surface area contributed by atoms with E-state index < -0.39 is 19.0 Å². The molecule has 0 aliphatic carbocycles. The van der Waals surface area contributed by atoms with E-state index in [1.807, 2.05) is 0 Å². The molecular formula is C19H14F2NO5-. The van der Waals surface area contributed by atoms with Crippen molar-refractivity contribution in [1.29, 1.82) is 0 Å². The second-order valence-electron chi connectivity index (χ2n) is 5.49. The lowest BCUT2D eigenvalue weighted by molar-refractivity contribution is -0.304. The summed E-state index contributed by atoms with van der Waals surface area (Å²) in [5, 5.41) is 11.1. The second kappa shape index (κ2) is 7.86. The van der Waals surface area contributed by atoms with Crippen LogP contribution in [0.4, 0.5) is 8.78 Å². The maximum atomic E-state index is 12.6. The summed E-state index contributed by atoms with van der Waals surface area (Å²) in [6.07, 6.45) is 0.988. The van der Waals surface area contributed by atoms with Crippen molar-refractivity contribution in [3.05, 3.63) is 53.9 Å². The Morgan fingerprint density at radius 3 is 2.70 bits per heavy atom. The molecule has 0 atom stereocenters. The Balaban J connectivity index is 2.04. The van der Waals surface area contributed by atoms with Gasteiger partial charge in [0.15, 0.2) is 17.1 Å². The summed E-state index contributed by atoms with van der Waals surface area (Å²) < 4.78 is 40.2. The van der Waals surface area contributed by atoms with Crippen molar-refractivity contribution in [2.45, 2.75) is 13.0 Å². The number of aliphatic carboxylic acids is 1. The molecule has 0 bridgehead atoms. The molecule has 0 unspecified atom stereocenters. The molecule has 140 valence electrons. The number of methoxy groups -OCH3 is 1. The summed E-state index contributed by atoms with van der Waals surface area (Å²) in [5.41, 5.74) is 1.69. The zero-order chi connectivity index (χ0) is 19.4. The molecule has 0 saturated heterocycles. The Kier molecular flexibility index (Phi) is 5.35. The summed E-state index contributed by atoms with van der Waals surface area (Å²) in [6.45, 7) is -3.03. The molecule has 2 aromatic carbocycles. The number of oxazole rings is 1. The van der Waals surface area contributed by atoms with Crippen molar-refractivity contribution in [3.8, 4) is 11.5 Å². The van der Waals surface area contributed by atoms with E-state index in [0.29, 0.717) is 16.7 Å². The van der Waals surface area contributed by atoms with Crippen LogP contribution < -0.4 is 14.6 Å².